The fourth-order valence-corrected chi connectivity index (χ4v) is 3.38. The molecule has 0 bridgehead atoms. The number of nitrogens with one attached hydrogen (secondary N) is 1. The molecule has 3 unspecified atom stereocenters. The van der Waals surface area contributed by atoms with Gasteiger partial charge >= 0.3 is 0 Å². The Morgan fingerprint density at radius 3 is 2.94 bits per heavy atom. The van der Waals surface area contributed by atoms with Crippen molar-refractivity contribution in [3.63, 3.8) is 0 Å². The predicted octanol–water partition coefficient (Wildman–Crippen LogP) is 1.67. The summed E-state index contributed by atoms with van der Waals surface area (Å²) in [6.45, 7) is 7.25. The lowest BCUT2D eigenvalue weighted by atomic mass is 9.95. The van der Waals surface area contributed by atoms with E-state index in [1.54, 1.807) is 0 Å². The Morgan fingerprint density at radius 1 is 1.39 bits per heavy atom. The highest BCUT2D eigenvalue weighted by atomic mass is 16.2. The molecular formula is C15H20N2O. The Bertz CT molecular complexity index is 471. The standard InChI is InChI=1S/C15H20N2O/c1-10-4-3-5-12(6-10)15(18)17-9-13-7-16-8-14(13)11(17)2/h3-6,11,13-14,16H,7-9H2,1-2H3. The van der Waals surface area contributed by atoms with Crippen molar-refractivity contribution in [2.45, 2.75) is 19.9 Å². The van der Waals surface area contributed by atoms with Gasteiger partial charge < -0.3 is 10.2 Å². The molecule has 2 aliphatic heterocycles. The highest BCUT2D eigenvalue weighted by Crippen LogP contribution is 2.33. The molecule has 2 aliphatic rings. The summed E-state index contributed by atoms with van der Waals surface area (Å²) in [5.41, 5.74) is 1.98. The monoisotopic (exact) mass is 244 g/mol. The minimum absolute atomic E-state index is 0.195. The average molecular weight is 244 g/mol. The van der Waals surface area contributed by atoms with Gasteiger partial charge in [0.05, 0.1) is 0 Å². The molecule has 3 nitrogen and oxygen atoms in total. The summed E-state index contributed by atoms with van der Waals surface area (Å²) in [7, 11) is 0. The maximum atomic E-state index is 12.5. The van der Waals surface area contributed by atoms with E-state index in [0.717, 1.165) is 30.8 Å². The van der Waals surface area contributed by atoms with Gasteiger partial charge in [0.15, 0.2) is 0 Å². The first-order valence-corrected chi connectivity index (χ1v) is 6.75. The number of carbonyl (C=O) groups excluding carboxylic acids is 1. The topological polar surface area (TPSA) is 32.3 Å². The molecule has 0 saturated carbocycles. The van der Waals surface area contributed by atoms with Crippen LogP contribution in [0.25, 0.3) is 0 Å². The summed E-state index contributed by atoms with van der Waals surface area (Å²) >= 11 is 0. The highest BCUT2D eigenvalue weighted by Gasteiger charge is 2.43. The van der Waals surface area contributed by atoms with Crippen molar-refractivity contribution >= 4 is 5.91 Å². The van der Waals surface area contributed by atoms with Gasteiger partial charge in [-0.3, -0.25) is 4.79 Å². The first kappa shape index (κ1) is 11.7. The zero-order valence-corrected chi connectivity index (χ0v) is 11.0. The summed E-state index contributed by atoms with van der Waals surface area (Å²) < 4.78 is 0. The van der Waals surface area contributed by atoms with Crippen LogP contribution in [0.5, 0.6) is 0 Å². The van der Waals surface area contributed by atoms with Gasteiger partial charge in [-0.2, -0.15) is 0 Å². The van der Waals surface area contributed by atoms with E-state index in [0.29, 0.717) is 17.9 Å². The Labute approximate surface area is 108 Å². The molecule has 0 radical (unpaired) electrons. The fraction of sp³-hybridized carbons (Fsp3) is 0.533. The van der Waals surface area contributed by atoms with Crippen LogP contribution in [0, 0.1) is 18.8 Å². The van der Waals surface area contributed by atoms with Crippen LogP contribution >= 0.6 is 0 Å². The fourth-order valence-electron chi connectivity index (χ4n) is 3.38. The number of hydrogen-bond donors (Lipinski definition) is 1. The zero-order valence-electron chi connectivity index (χ0n) is 11.0. The molecule has 1 N–H and O–H groups in total. The number of fused-ring (bicyclic) bond motifs is 1. The molecule has 3 atom stereocenters. The van der Waals surface area contributed by atoms with Gasteiger partial charge in [0.25, 0.3) is 5.91 Å². The molecule has 96 valence electrons. The molecule has 2 saturated heterocycles. The van der Waals surface area contributed by atoms with E-state index in [1.165, 1.54) is 0 Å². The van der Waals surface area contributed by atoms with Gasteiger partial charge in [-0.15, -0.1) is 0 Å². The second-order valence-electron chi connectivity index (χ2n) is 5.65. The minimum atomic E-state index is 0.195. The number of rotatable bonds is 1. The van der Waals surface area contributed by atoms with Gasteiger partial charge in [0.1, 0.15) is 0 Å². The van der Waals surface area contributed by atoms with E-state index in [2.05, 4.69) is 17.1 Å². The van der Waals surface area contributed by atoms with Crippen molar-refractivity contribution in [1.29, 1.82) is 0 Å². The van der Waals surface area contributed by atoms with Crippen LogP contribution in [0.1, 0.15) is 22.8 Å². The minimum Gasteiger partial charge on any atom is -0.335 e. The van der Waals surface area contributed by atoms with Gasteiger partial charge in [0.2, 0.25) is 0 Å². The van der Waals surface area contributed by atoms with Crippen LogP contribution in [0.2, 0.25) is 0 Å². The van der Waals surface area contributed by atoms with Crippen LogP contribution in [-0.4, -0.2) is 36.5 Å². The number of amides is 1. The third-order valence-corrected chi connectivity index (χ3v) is 4.46. The lowest BCUT2D eigenvalue weighted by Crippen LogP contribution is -2.38. The largest absolute Gasteiger partial charge is 0.335 e. The van der Waals surface area contributed by atoms with Crippen molar-refractivity contribution in [2.24, 2.45) is 11.8 Å². The summed E-state index contributed by atoms with van der Waals surface area (Å²) in [5.74, 6) is 1.48. The zero-order chi connectivity index (χ0) is 12.7. The van der Waals surface area contributed by atoms with E-state index in [4.69, 9.17) is 0 Å². The van der Waals surface area contributed by atoms with Crippen molar-refractivity contribution < 1.29 is 4.79 Å². The number of benzene rings is 1. The summed E-state index contributed by atoms with van der Waals surface area (Å²) in [6.07, 6.45) is 0. The smallest absolute Gasteiger partial charge is 0.254 e. The number of aryl methyl sites for hydroxylation is 1. The normalized spacial score (nSPS) is 30.6. The summed E-state index contributed by atoms with van der Waals surface area (Å²) in [5, 5.41) is 3.43. The van der Waals surface area contributed by atoms with Gasteiger partial charge in [0, 0.05) is 31.2 Å². The molecule has 18 heavy (non-hydrogen) atoms. The lowest BCUT2D eigenvalue weighted by molar-refractivity contribution is 0.0728. The first-order valence-electron chi connectivity index (χ1n) is 6.75. The second-order valence-corrected chi connectivity index (χ2v) is 5.65. The molecular weight excluding hydrogens is 224 g/mol. The Kier molecular flexibility index (Phi) is 2.86. The number of carbonyl (C=O) groups is 1. The lowest BCUT2D eigenvalue weighted by Gasteiger charge is -2.24. The maximum absolute atomic E-state index is 12.5. The van der Waals surface area contributed by atoms with E-state index in [9.17, 15) is 4.79 Å². The molecule has 2 heterocycles. The van der Waals surface area contributed by atoms with E-state index in [-0.39, 0.29) is 5.91 Å². The molecule has 1 aromatic carbocycles. The average Bonchev–Trinajstić information content (AvgIpc) is 2.92. The number of hydrogen-bond acceptors (Lipinski definition) is 2. The SMILES string of the molecule is Cc1cccc(C(=O)N2CC3CNCC3C2C)c1. The van der Waals surface area contributed by atoms with Crippen LogP contribution in [0.4, 0.5) is 0 Å². The molecule has 0 spiro atoms. The van der Waals surface area contributed by atoms with Gasteiger partial charge in [-0.1, -0.05) is 17.7 Å². The first-order chi connectivity index (χ1) is 8.66. The van der Waals surface area contributed by atoms with Gasteiger partial charge in [-0.25, -0.2) is 0 Å². The van der Waals surface area contributed by atoms with Crippen LogP contribution in [0.3, 0.4) is 0 Å². The Balaban J connectivity index is 1.81. The van der Waals surface area contributed by atoms with E-state index >= 15 is 0 Å². The van der Waals surface area contributed by atoms with Crippen LogP contribution in [-0.2, 0) is 0 Å². The molecule has 3 heteroatoms. The van der Waals surface area contributed by atoms with Crippen molar-refractivity contribution in [2.75, 3.05) is 19.6 Å². The molecule has 1 aromatic rings. The Morgan fingerprint density at radius 2 is 2.22 bits per heavy atom. The molecule has 0 aromatic heterocycles. The number of likely N-dealkylation sites (tertiary alicyclic amines) is 1. The third-order valence-electron chi connectivity index (χ3n) is 4.46. The van der Waals surface area contributed by atoms with Crippen molar-refractivity contribution in [3.8, 4) is 0 Å². The van der Waals surface area contributed by atoms with Gasteiger partial charge in [-0.05, 0) is 37.8 Å². The number of nitrogens with zero attached hydrogens (tertiary/aromatic N) is 1. The molecule has 0 aliphatic carbocycles. The maximum Gasteiger partial charge on any atom is 0.254 e. The Hall–Kier alpha value is -1.35. The van der Waals surface area contributed by atoms with E-state index < -0.39 is 0 Å². The molecule has 2 fully saturated rings. The van der Waals surface area contributed by atoms with Crippen LogP contribution in [0.15, 0.2) is 24.3 Å². The predicted molar refractivity (Wildman–Crippen MR) is 71.5 cm³/mol. The van der Waals surface area contributed by atoms with Crippen molar-refractivity contribution in [1.82, 2.24) is 10.2 Å². The summed E-state index contributed by atoms with van der Waals surface area (Å²) in [4.78, 5) is 14.6. The highest BCUT2D eigenvalue weighted by molar-refractivity contribution is 5.94. The van der Waals surface area contributed by atoms with Crippen LogP contribution < -0.4 is 5.32 Å². The quantitative estimate of drug-likeness (QED) is 0.815. The second kappa shape index (κ2) is 4.39. The third kappa shape index (κ3) is 1.83. The van der Waals surface area contributed by atoms with Crippen molar-refractivity contribution in [3.05, 3.63) is 35.4 Å². The molecule has 3 rings (SSSR count). The molecule has 1 amide bonds. The summed E-state index contributed by atoms with van der Waals surface area (Å²) in [6, 6.07) is 8.27. The van der Waals surface area contributed by atoms with E-state index in [1.807, 2.05) is 31.2 Å².